The summed E-state index contributed by atoms with van der Waals surface area (Å²) in [6, 6.07) is 8.14. The maximum Gasteiger partial charge on any atom is 0.303 e. The number of benzene rings is 1. The highest BCUT2D eigenvalue weighted by Crippen LogP contribution is 2.41. The zero-order chi connectivity index (χ0) is 32.6. The Hall–Kier alpha value is -1.85. The second kappa shape index (κ2) is 15.4. The van der Waals surface area contributed by atoms with Crippen molar-refractivity contribution in [3.05, 3.63) is 47.8 Å². The van der Waals surface area contributed by atoms with E-state index in [0.29, 0.717) is 19.3 Å². The first-order valence-electron chi connectivity index (χ1n) is 16.1. The van der Waals surface area contributed by atoms with Crippen molar-refractivity contribution < 1.29 is 23.9 Å². The molecule has 2 N–H and O–H groups in total. The van der Waals surface area contributed by atoms with E-state index in [2.05, 4.69) is 92.9 Å². The van der Waals surface area contributed by atoms with Gasteiger partial charge in [-0.15, -0.1) is 0 Å². The second-order valence-corrected chi connectivity index (χ2v) is 24.6. The normalized spacial score (nSPS) is 15.6. The van der Waals surface area contributed by atoms with Crippen LogP contribution < -0.4 is 0 Å². The molecule has 8 heteroatoms. The molecule has 0 radical (unpaired) electrons. The fraction of sp³-hybridized carbons (Fsp3) is 0.657. The molecule has 0 aliphatic carbocycles. The Balaban J connectivity index is 2.59. The number of rotatable bonds is 16. The van der Waals surface area contributed by atoms with Gasteiger partial charge in [-0.3, -0.25) is 9.78 Å². The summed E-state index contributed by atoms with van der Waals surface area (Å²) in [5.41, 5.74) is 1.69. The summed E-state index contributed by atoms with van der Waals surface area (Å²) in [7, 11) is -4.43. The van der Waals surface area contributed by atoms with E-state index in [1.165, 1.54) is 0 Å². The van der Waals surface area contributed by atoms with Crippen LogP contribution in [0, 0.1) is 0 Å². The molecule has 1 heterocycles. The topological polar surface area (TPSA) is 88.9 Å². The van der Waals surface area contributed by atoms with Crippen molar-refractivity contribution in [3.8, 4) is 0 Å². The molecule has 0 aliphatic heterocycles. The molecule has 0 amide bonds. The summed E-state index contributed by atoms with van der Waals surface area (Å²) in [5, 5.41) is 22.4. The van der Waals surface area contributed by atoms with Crippen LogP contribution >= 0.6 is 0 Å². The lowest BCUT2D eigenvalue weighted by molar-refractivity contribution is -0.137. The van der Waals surface area contributed by atoms with Crippen molar-refractivity contribution in [1.82, 2.24) is 4.98 Å². The molecule has 0 aliphatic rings. The first-order chi connectivity index (χ1) is 19.8. The number of unbranched alkanes of at least 4 members (excludes halogenated alkanes) is 2. The first kappa shape index (κ1) is 37.3. The molecule has 1 aromatic carbocycles. The molecule has 0 bridgehead atoms. The number of carboxylic acid groups (broad SMARTS) is 1. The molecule has 2 aromatic rings. The molecular weight excluding hydrogens is 571 g/mol. The minimum atomic E-state index is -2.23. The van der Waals surface area contributed by atoms with Gasteiger partial charge in [0.15, 0.2) is 16.6 Å². The van der Waals surface area contributed by atoms with Gasteiger partial charge in [-0.2, -0.15) is 0 Å². The predicted molar refractivity (Wildman–Crippen MR) is 186 cm³/mol. The lowest BCUT2D eigenvalue weighted by Crippen LogP contribution is -2.51. The van der Waals surface area contributed by atoms with Crippen LogP contribution in [0.25, 0.3) is 16.8 Å². The molecule has 0 saturated heterocycles. The van der Waals surface area contributed by atoms with Gasteiger partial charge < -0.3 is 19.1 Å². The van der Waals surface area contributed by atoms with Crippen molar-refractivity contribution in [2.24, 2.45) is 0 Å². The highest BCUT2D eigenvalue weighted by atomic mass is 28.4. The Morgan fingerprint density at radius 2 is 1.49 bits per heavy atom. The van der Waals surface area contributed by atoms with Crippen LogP contribution in [-0.4, -0.2) is 50.0 Å². The number of carboxylic acids is 1. The van der Waals surface area contributed by atoms with E-state index >= 15 is 0 Å². The fourth-order valence-electron chi connectivity index (χ4n) is 4.61. The lowest BCUT2D eigenvalue weighted by Gasteiger charge is -2.44. The molecule has 0 saturated carbocycles. The van der Waals surface area contributed by atoms with Gasteiger partial charge >= 0.3 is 5.97 Å². The number of hydrogen-bond acceptors (Lipinski definition) is 5. The Labute approximate surface area is 263 Å². The predicted octanol–water partition coefficient (Wildman–Crippen LogP) is 9.90. The van der Waals surface area contributed by atoms with Crippen molar-refractivity contribution in [2.45, 2.75) is 148 Å². The van der Waals surface area contributed by atoms with Gasteiger partial charge in [0.25, 0.3) is 0 Å². The van der Waals surface area contributed by atoms with Crippen molar-refractivity contribution in [1.29, 1.82) is 0 Å². The van der Waals surface area contributed by atoms with Crippen molar-refractivity contribution in [2.75, 3.05) is 0 Å². The average molecular weight is 630 g/mol. The SMILES string of the molecule is CCCCCC(O)c1ncc(C=CC(O[Si](C)(C)C(C)(C)C)C(CCCC(=O)O)O[Si](C)(C)C(C)(C)C)c2ccccc12. The van der Waals surface area contributed by atoms with E-state index < -0.39 is 28.7 Å². The minimum absolute atomic E-state index is 0.00277. The third-order valence-corrected chi connectivity index (χ3v) is 18.4. The van der Waals surface area contributed by atoms with Crippen molar-refractivity contribution >= 4 is 39.5 Å². The van der Waals surface area contributed by atoms with Crippen LogP contribution in [-0.2, 0) is 13.6 Å². The number of aromatic nitrogens is 1. The quantitative estimate of drug-likeness (QED) is 0.142. The fourth-order valence-corrected chi connectivity index (χ4v) is 7.24. The molecule has 3 unspecified atom stereocenters. The van der Waals surface area contributed by atoms with Crippen LogP contribution in [0.4, 0.5) is 0 Å². The molecule has 0 fully saturated rings. The van der Waals surface area contributed by atoms with Gasteiger partial charge in [-0.05, 0) is 60.9 Å². The smallest absolute Gasteiger partial charge is 0.303 e. The maximum atomic E-state index is 11.4. The summed E-state index contributed by atoms with van der Waals surface area (Å²) in [6.07, 6.45) is 9.93. The van der Waals surface area contributed by atoms with Crippen LogP contribution in [0.5, 0.6) is 0 Å². The van der Waals surface area contributed by atoms with E-state index in [-0.39, 0.29) is 28.7 Å². The number of fused-ring (bicyclic) bond motifs is 1. The zero-order valence-corrected chi connectivity index (χ0v) is 30.8. The lowest BCUT2D eigenvalue weighted by atomic mass is 9.99. The van der Waals surface area contributed by atoms with E-state index in [1.807, 2.05) is 24.4 Å². The van der Waals surface area contributed by atoms with Gasteiger partial charge in [0.1, 0.15) is 0 Å². The Kier molecular flexibility index (Phi) is 13.4. The summed E-state index contributed by atoms with van der Waals surface area (Å²) in [6.45, 7) is 24.5. The van der Waals surface area contributed by atoms with Crippen LogP contribution in [0.2, 0.25) is 36.3 Å². The third-order valence-electron chi connectivity index (χ3n) is 9.45. The molecule has 3 atom stereocenters. The number of aliphatic hydroxyl groups is 1. The maximum absolute atomic E-state index is 11.4. The van der Waals surface area contributed by atoms with Gasteiger partial charge in [0.05, 0.1) is 24.0 Å². The molecule has 0 spiro atoms. The summed E-state index contributed by atoms with van der Waals surface area (Å²) in [4.78, 5) is 16.2. The van der Waals surface area contributed by atoms with Crippen molar-refractivity contribution in [3.63, 3.8) is 0 Å². The van der Waals surface area contributed by atoms with Gasteiger partial charge in [-0.25, -0.2) is 0 Å². The molecule has 43 heavy (non-hydrogen) atoms. The summed E-state index contributed by atoms with van der Waals surface area (Å²) in [5.74, 6) is -0.794. The Morgan fingerprint density at radius 3 is 2.05 bits per heavy atom. The molecule has 2 rings (SSSR count). The zero-order valence-electron chi connectivity index (χ0n) is 28.8. The highest BCUT2D eigenvalue weighted by molar-refractivity contribution is 6.74. The van der Waals surface area contributed by atoms with Crippen LogP contribution in [0.1, 0.15) is 111 Å². The highest BCUT2D eigenvalue weighted by Gasteiger charge is 2.44. The minimum Gasteiger partial charge on any atom is -0.481 e. The van der Waals surface area contributed by atoms with Gasteiger partial charge in [-0.1, -0.05) is 104 Å². The van der Waals surface area contributed by atoms with Gasteiger partial charge in [0.2, 0.25) is 0 Å². The third kappa shape index (κ3) is 10.6. The number of hydrogen-bond donors (Lipinski definition) is 2. The monoisotopic (exact) mass is 629 g/mol. The largest absolute Gasteiger partial charge is 0.481 e. The molecule has 6 nitrogen and oxygen atoms in total. The van der Waals surface area contributed by atoms with Gasteiger partial charge in [0, 0.05) is 23.6 Å². The first-order valence-corrected chi connectivity index (χ1v) is 21.9. The van der Waals surface area contributed by atoms with E-state index in [4.69, 9.17) is 13.8 Å². The number of carbonyl (C=O) groups is 1. The number of nitrogens with zero attached hydrogens (tertiary/aromatic N) is 1. The Morgan fingerprint density at radius 1 is 0.907 bits per heavy atom. The second-order valence-electron chi connectivity index (χ2n) is 15.1. The van der Waals surface area contributed by atoms with Crippen LogP contribution in [0.15, 0.2) is 36.5 Å². The van der Waals surface area contributed by atoms with E-state index in [9.17, 15) is 15.0 Å². The average Bonchev–Trinajstić information content (AvgIpc) is 2.88. The van der Waals surface area contributed by atoms with E-state index in [0.717, 1.165) is 41.3 Å². The Bertz CT molecular complexity index is 1210. The number of aliphatic hydroxyl groups excluding tert-OH is 1. The molecular formula is C35H59NO5Si2. The standard InChI is InChI=1S/C35H59NO5Si2/c1-12-13-14-20-29(37)33-28-19-16-15-18-27(28)26(25-36-33)23-24-31(41-43(10,11)35(5,6)7)30(21-17-22-32(38)39)40-42(8,9)34(2,3)4/h15-16,18-19,23-25,29-31,37H,12-14,17,20-22H2,1-11H3,(H,38,39). The summed E-state index contributed by atoms with van der Waals surface area (Å²) >= 11 is 0. The summed E-state index contributed by atoms with van der Waals surface area (Å²) < 4.78 is 14.1. The van der Waals surface area contributed by atoms with E-state index in [1.54, 1.807) is 0 Å². The van der Waals surface area contributed by atoms with Crippen LogP contribution in [0.3, 0.4) is 0 Å². The molecule has 1 aromatic heterocycles. The molecule has 242 valence electrons. The number of aliphatic carboxylic acids is 1. The number of pyridine rings is 1.